The second kappa shape index (κ2) is 3.79. The van der Waals surface area contributed by atoms with Gasteiger partial charge in [0.2, 0.25) is 17.3 Å². The first-order valence-corrected chi connectivity index (χ1v) is 3.98. The van der Waals surface area contributed by atoms with Gasteiger partial charge in [0.1, 0.15) is 31.3 Å². The highest BCUT2D eigenvalue weighted by Crippen LogP contribution is 2.22. The van der Waals surface area contributed by atoms with Gasteiger partial charge in [-0.05, 0) is 0 Å². The van der Waals surface area contributed by atoms with E-state index in [1.165, 1.54) is 25.0 Å². The zero-order valence-electron chi connectivity index (χ0n) is 7.51. The van der Waals surface area contributed by atoms with Crippen molar-refractivity contribution < 1.29 is 23.7 Å². The lowest BCUT2D eigenvalue weighted by molar-refractivity contribution is -0.117. The second-order valence-electron chi connectivity index (χ2n) is 2.57. The van der Waals surface area contributed by atoms with Crippen LogP contribution in [0.4, 0.5) is 0 Å². The summed E-state index contributed by atoms with van der Waals surface area (Å²) in [6.45, 7) is 0. The normalized spacial score (nSPS) is 18.3. The molecule has 0 radical (unpaired) electrons. The Balaban J connectivity index is 2.09. The molecule has 2 rings (SSSR count). The summed E-state index contributed by atoms with van der Waals surface area (Å²) in [6.07, 6.45) is 6.34. The van der Waals surface area contributed by atoms with Gasteiger partial charge in [-0.1, -0.05) is 0 Å². The molecule has 0 spiro atoms. The highest BCUT2D eigenvalue weighted by atomic mass is 16.6. The van der Waals surface area contributed by atoms with E-state index < -0.39 is 5.91 Å². The average Bonchev–Trinajstić information content (AvgIpc) is 2.30. The topological polar surface area (TPSA) is 80.0 Å². The molecule has 0 saturated carbocycles. The van der Waals surface area contributed by atoms with Crippen molar-refractivity contribution in [1.29, 1.82) is 0 Å². The molecule has 2 heterocycles. The molecule has 0 unspecified atom stereocenters. The van der Waals surface area contributed by atoms with Crippen molar-refractivity contribution in [1.82, 2.24) is 0 Å². The van der Waals surface area contributed by atoms with Gasteiger partial charge in [-0.25, -0.2) is 0 Å². The third-order valence-electron chi connectivity index (χ3n) is 1.56. The molecule has 0 aromatic rings. The summed E-state index contributed by atoms with van der Waals surface area (Å²) >= 11 is 0. The Morgan fingerprint density at radius 1 is 1.07 bits per heavy atom. The molecule has 0 atom stereocenters. The maximum atomic E-state index is 10.8. The van der Waals surface area contributed by atoms with Crippen LogP contribution in [0.15, 0.2) is 48.6 Å². The number of ether oxygens (including phenoxy) is 4. The number of rotatable bonds is 2. The minimum absolute atomic E-state index is 0.105. The summed E-state index contributed by atoms with van der Waals surface area (Å²) in [6, 6.07) is 0. The lowest BCUT2D eigenvalue weighted by atomic mass is 10.4. The van der Waals surface area contributed by atoms with Crippen LogP contribution in [-0.4, -0.2) is 5.91 Å². The lowest BCUT2D eigenvalue weighted by Crippen LogP contribution is -2.19. The lowest BCUT2D eigenvalue weighted by Gasteiger charge is -2.16. The van der Waals surface area contributed by atoms with E-state index in [-0.39, 0.29) is 17.3 Å². The first kappa shape index (κ1) is 9.20. The van der Waals surface area contributed by atoms with Gasteiger partial charge in [0.25, 0.3) is 5.91 Å². The Labute approximate surface area is 84.8 Å². The molecular formula is C9H7NO5. The Bertz CT molecular complexity index is 405. The summed E-state index contributed by atoms with van der Waals surface area (Å²) in [5.74, 6) is -0.347. The van der Waals surface area contributed by atoms with Crippen molar-refractivity contribution in [2.75, 3.05) is 0 Å². The van der Waals surface area contributed by atoms with Gasteiger partial charge in [0.05, 0.1) is 0 Å². The number of hydrogen-bond donors (Lipinski definition) is 1. The molecule has 0 aromatic heterocycles. The molecule has 6 heteroatoms. The van der Waals surface area contributed by atoms with Gasteiger partial charge in [-0.15, -0.1) is 0 Å². The van der Waals surface area contributed by atoms with Crippen LogP contribution >= 0.6 is 0 Å². The van der Waals surface area contributed by atoms with Crippen LogP contribution in [0.3, 0.4) is 0 Å². The highest BCUT2D eigenvalue weighted by molar-refractivity contribution is 5.89. The first-order chi connectivity index (χ1) is 7.27. The highest BCUT2D eigenvalue weighted by Gasteiger charge is 2.20. The molecule has 0 bridgehead atoms. The molecule has 0 saturated heterocycles. The van der Waals surface area contributed by atoms with E-state index in [9.17, 15) is 4.79 Å². The fourth-order valence-corrected chi connectivity index (χ4v) is 0.919. The largest absolute Gasteiger partial charge is 0.465 e. The van der Waals surface area contributed by atoms with Crippen molar-refractivity contribution >= 4 is 5.91 Å². The molecule has 2 aliphatic rings. The molecule has 78 valence electrons. The van der Waals surface area contributed by atoms with Crippen LogP contribution < -0.4 is 5.73 Å². The van der Waals surface area contributed by atoms with Crippen molar-refractivity contribution in [3.05, 3.63) is 48.6 Å². The van der Waals surface area contributed by atoms with Crippen LogP contribution in [-0.2, 0) is 23.7 Å². The summed E-state index contributed by atoms with van der Waals surface area (Å²) in [7, 11) is 0. The van der Waals surface area contributed by atoms with Crippen molar-refractivity contribution in [2.45, 2.75) is 0 Å². The van der Waals surface area contributed by atoms with E-state index in [0.29, 0.717) is 0 Å². The molecule has 2 aliphatic heterocycles. The quantitative estimate of drug-likeness (QED) is 0.718. The van der Waals surface area contributed by atoms with Crippen LogP contribution in [0, 0.1) is 0 Å². The number of nitrogens with two attached hydrogens (primary N) is 1. The van der Waals surface area contributed by atoms with Crippen molar-refractivity contribution in [3.8, 4) is 0 Å². The number of carbonyl (C=O) groups is 1. The molecule has 0 aromatic carbocycles. The summed E-state index contributed by atoms with van der Waals surface area (Å²) < 4.78 is 19.9. The van der Waals surface area contributed by atoms with Crippen molar-refractivity contribution in [3.63, 3.8) is 0 Å². The van der Waals surface area contributed by atoms with Crippen LogP contribution in [0.1, 0.15) is 0 Å². The Kier molecular flexibility index (Phi) is 2.32. The summed E-state index contributed by atoms with van der Waals surface area (Å²) in [4.78, 5) is 10.8. The third-order valence-corrected chi connectivity index (χ3v) is 1.56. The number of primary amides is 1. The molecule has 2 N–H and O–H groups in total. The smallest absolute Gasteiger partial charge is 0.287 e. The fourth-order valence-electron chi connectivity index (χ4n) is 0.919. The zero-order chi connectivity index (χ0) is 10.7. The first-order valence-electron chi connectivity index (χ1n) is 3.98. The summed E-state index contributed by atoms with van der Waals surface area (Å²) in [5, 5.41) is 0. The van der Waals surface area contributed by atoms with E-state index in [1.807, 2.05) is 0 Å². The van der Waals surface area contributed by atoms with E-state index in [4.69, 9.17) is 24.7 Å². The predicted molar refractivity (Wildman–Crippen MR) is 46.9 cm³/mol. The van der Waals surface area contributed by atoms with Gasteiger partial charge in [0, 0.05) is 0 Å². The molecule has 0 aliphatic carbocycles. The summed E-state index contributed by atoms with van der Waals surface area (Å²) in [5.41, 5.74) is 5.01. The Morgan fingerprint density at radius 2 is 1.87 bits per heavy atom. The zero-order valence-corrected chi connectivity index (χ0v) is 7.51. The van der Waals surface area contributed by atoms with Crippen molar-refractivity contribution in [2.24, 2.45) is 5.73 Å². The molecule has 0 fully saturated rings. The van der Waals surface area contributed by atoms with E-state index in [0.717, 1.165) is 6.26 Å². The Morgan fingerprint density at radius 3 is 2.53 bits per heavy atom. The monoisotopic (exact) mass is 209 g/mol. The molecule has 6 nitrogen and oxygen atoms in total. The van der Waals surface area contributed by atoms with Crippen LogP contribution in [0.2, 0.25) is 0 Å². The SMILES string of the molecule is NC(=O)C1=COC=C(C2=COC=CO2)O1. The second-order valence-corrected chi connectivity index (χ2v) is 2.57. The maximum Gasteiger partial charge on any atom is 0.287 e. The molecular weight excluding hydrogens is 202 g/mol. The third kappa shape index (κ3) is 1.93. The number of hydrogen-bond acceptors (Lipinski definition) is 5. The minimum Gasteiger partial charge on any atom is -0.465 e. The van der Waals surface area contributed by atoms with Crippen LogP contribution in [0.5, 0.6) is 0 Å². The molecule has 15 heavy (non-hydrogen) atoms. The van der Waals surface area contributed by atoms with Gasteiger partial charge in [-0.3, -0.25) is 4.79 Å². The number of carbonyl (C=O) groups excluding carboxylic acids is 1. The van der Waals surface area contributed by atoms with Gasteiger partial charge < -0.3 is 24.7 Å². The van der Waals surface area contributed by atoms with E-state index in [2.05, 4.69) is 0 Å². The average molecular weight is 209 g/mol. The maximum absolute atomic E-state index is 10.8. The van der Waals surface area contributed by atoms with Gasteiger partial charge in [-0.2, -0.15) is 0 Å². The standard InChI is InChI=1S/C9H7NO5/c10-9(11)8-5-13-4-7(15-8)6-3-12-1-2-14-6/h1-5H,(H2,10,11). The minimum atomic E-state index is -0.728. The van der Waals surface area contributed by atoms with Crippen LogP contribution in [0.25, 0.3) is 0 Å². The fraction of sp³-hybridized carbons (Fsp3) is 0. The van der Waals surface area contributed by atoms with E-state index >= 15 is 0 Å². The Hall–Kier alpha value is -2.37. The van der Waals surface area contributed by atoms with Gasteiger partial charge >= 0.3 is 0 Å². The molecule has 1 amide bonds. The van der Waals surface area contributed by atoms with Gasteiger partial charge in [0.15, 0.2) is 0 Å². The predicted octanol–water partition coefficient (Wildman–Crippen LogP) is 0.561. The van der Waals surface area contributed by atoms with E-state index in [1.54, 1.807) is 0 Å². The number of amides is 1.